The van der Waals surface area contributed by atoms with Crippen LogP contribution in [0.15, 0.2) is 23.0 Å². The van der Waals surface area contributed by atoms with Crippen LogP contribution in [0.1, 0.15) is 16.8 Å². The fraction of sp³-hybridized carbons (Fsp3) is 0.308. The maximum atomic E-state index is 11.9. The molecule has 6 heteroatoms. The van der Waals surface area contributed by atoms with E-state index < -0.39 is 5.97 Å². The first-order valence-electron chi connectivity index (χ1n) is 5.71. The predicted octanol–water partition coefficient (Wildman–Crippen LogP) is 0.623. The number of nitrogens with zero attached hydrogens (tertiary/aromatic N) is 2. The molecule has 19 heavy (non-hydrogen) atoms. The average molecular weight is 262 g/mol. The number of fused-ring (bicyclic) bond motifs is 1. The summed E-state index contributed by atoms with van der Waals surface area (Å²) < 4.78 is 7.42. The van der Waals surface area contributed by atoms with Crippen molar-refractivity contribution in [3.05, 3.63) is 34.2 Å². The van der Waals surface area contributed by atoms with Crippen LogP contribution in [0.4, 0.5) is 0 Å². The van der Waals surface area contributed by atoms with Crippen LogP contribution in [-0.2, 0) is 23.6 Å². The molecule has 2 aromatic rings. The van der Waals surface area contributed by atoms with Gasteiger partial charge in [0.25, 0.3) is 0 Å². The van der Waals surface area contributed by atoms with Crippen molar-refractivity contribution in [3.8, 4) is 0 Å². The zero-order valence-corrected chi connectivity index (χ0v) is 11.0. The summed E-state index contributed by atoms with van der Waals surface area (Å²) in [5.41, 5.74) is 1.62. The Hall–Kier alpha value is -2.37. The smallest absolute Gasteiger partial charge is 0.328 e. The van der Waals surface area contributed by atoms with E-state index in [4.69, 9.17) is 0 Å². The van der Waals surface area contributed by atoms with Gasteiger partial charge in [-0.25, -0.2) is 4.79 Å². The Morgan fingerprint density at radius 1 is 1.16 bits per heavy atom. The molecule has 0 radical (unpaired) electrons. The Morgan fingerprint density at radius 2 is 1.79 bits per heavy atom. The zero-order chi connectivity index (χ0) is 14.2. The summed E-state index contributed by atoms with van der Waals surface area (Å²) in [7, 11) is 4.54. The van der Waals surface area contributed by atoms with Crippen LogP contribution in [0.25, 0.3) is 11.0 Å². The molecule has 0 saturated carbocycles. The van der Waals surface area contributed by atoms with Gasteiger partial charge in [-0.1, -0.05) is 0 Å². The van der Waals surface area contributed by atoms with Crippen molar-refractivity contribution in [3.63, 3.8) is 0 Å². The summed E-state index contributed by atoms with van der Waals surface area (Å²) >= 11 is 0. The van der Waals surface area contributed by atoms with Gasteiger partial charge in [0.1, 0.15) is 6.42 Å². The molecule has 2 rings (SSSR count). The third kappa shape index (κ3) is 2.16. The number of carbonyl (C=O) groups is 2. The first kappa shape index (κ1) is 13.1. The van der Waals surface area contributed by atoms with E-state index in [1.165, 1.54) is 16.2 Å². The van der Waals surface area contributed by atoms with Crippen molar-refractivity contribution in [1.82, 2.24) is 9.13 Å². The normalized spacial score (nSPS) is 10.7. The highest BCUT2D eigenvalue weighted by atomic mass is 16.5. The highest BCUT2D eigenvalue weighted by molar-refractivity contribution is 6.07. The quantitative estimate of drug-likeness (QED) is 0.462. The molecular weight excluding hydrogens is 248 g/mol. The predicted molar refractivity (Wildman–Crippen MR) is 69.1 cm³/mol. The third-order valence-electron chi connectivity index (χ3n) is 3.13. The van der Waals surface area contributed by atoms with Crippen molar-refractivity contribution in [2.45, 2.75) is 6.42 Å². The second kappa shape index (κ2) is 4.72. The van der Waals surface area contributed by atoms with Gasteiger partial charge in [0.2, 0.25) is 0 Å². The summed E-state index contributed by atoms with van der Waals surface area (Å²) in [5, 5.41) is 0. The fourth-order valence-electron chi connectivity index (χ4n) is 1.99. The van der Waals surface area contributed by atoms with Crippen molar-refractivity contribution in [2.75, 3.05) is 7.11 Å². The number of aryl methyl sites for hydroxylation is 2. The molecule has 0 saturated heterocycles. The Balaban J connectivity index is 2.48. The molecule has 6 nitrogen and oxygen atoms in total. The number of methoxy groups -OCH3 is 1. The molecule has 0 unspecified atom stereocenters. The van der Waals surface area contributed by atoms with E-state index in [9.17, 15) is 14.4 Å². The fourth-order valence-corrected chi connectivity index (χ4v) is 1.99. The average Bonchev–Trinajstić information content (AvgIpc) is 2.63. The molecule has 1 aromatic carbocycles. The minimum atomic E-state index is -0.577. The van der Waals surface area contributed by atoms with Crippen LogP contribution in [0.3, 0.4) is 0 Å². The van der Waals surface area contributed by atoms with Crippen molar-refractivity contribution < 1.29 is 14.3 Å². The van der Waals surface area contributed by atoms with Gasteiger partial charge < -0.3 is 4.74 Å². The third-order valence-corrected chi connectivity index (χ3v) is 3.13. The van der Waals surface area contributed by atoms with E-state index >= 15 is 0 Å². The second-order valence-electron chi connectivity index (χ2n) is 4.28. The van der Waals surface area contributed by atoms with Gasteiger partial charge in [0.05, 0.1) is 18.1 Å². The van der Waals surface area contributed by atoms with E-state index in [1.807, 2.05) is 0 Å². The maximum Gasteiger partial charge on any atom is 0.328 e. The molecule has 0 fully saturated rings. The standard InChI is InChI=1S/C13H14N2O4/c1-14-9-5-4-8(11(16)7-12(17)19-3)6-10(9)15(2)13(14)18/h4-6H,7H2,1-3H3. The minimum absolute atomic E-state index is 0.160. The summed E-state index contributed by atoms with van der Waals surface area (Å²) in [6.45, 7) is 0. The lowest BCUT2D eigenvalue weighted by Gasteiger charge is -2.01. The molecule has 0 atom stereocenters. The number of esters is 1. The lowest BCUT2D eigenvalue weighted by atomic mass is 10.1. The zero-order valence-electron chi connectivity index (χ0n) is 11.0. The Bertz CT molecular complexity index is 724. The van der Waals surface area contributed by atoms with Crippen LogP contribution in [0, 0.1) is 0 Å². The van der Waals surface area contributed by atoms with Gasteiger partial charge >= 0.3 is 11.7 Å². The molecule has 0 aliphatic carbocycles. The summed E-state index contributed by atoms with van der Waals surface area (Å²) in [4.78, 5) is 34.7. The minimum Gasteiger partial charge on any atom is -0.469 e. The van der Waals surface area contributed by atoms with Crippen molar-refractivity contribution in [1.29, 1.82) is 0 Å². The lowest BCUT2D eigenvalue weighted by molar-refractivity contribution is -0.139. The second-order valence-corrected chi connectivity index (χ2v) is 4.28. The molecular formula is C13H14N2O4. The molecule has 1 aromatic heterocycles. The van der Waals surface area contributed by atoms with Crippen LogP contribution in [0.2, 0.25) is 0 Å². The monoisotopic (exact) mass is 262 g/mol. The van der Waals surface area contributed by atoms with Crippen LogP contribution in [-0.4, -0.2) is 28.0 Å². The van der Waals surface area contributed by atoms with Gasteiger partial charge in [-0.15, -0.1) is 0 Å². The molecule has 0 N–H and O–H groups in total. The highest BCUT2D eigenvalue weighted by Crippen LogP contribution is 2.15. The maximum absolute atomic E-state index is 11.9. The topological polar surface area (TPSA) is 70.3 Å². The van der Waals surface area contributed by atoms with Crippen LogP contribution in [0.5, 0.6) is 0 Å². The van der Waals surface area contributed by atoms with E-state index in [0.717, 1.165) is 5.52 Å². The number of aromatic nitrogens is 2. The summed E-state index contributed by atoms with van der Waals surface area (Å²) in [6.07, 6.45) is -0.303. The number of ketones is 1. The number of rotatable bonds is 3. The van der Waals surface area contributed by atoms with Gasteiger partial charge in [-0.2, -0.15) is 0 Å². The number of hydrogen-bond donors (Lipinski definition) is 0. The highest BCUT2D eigenvalue weighted by Gasteiger charge is 2.14. The number of ether oxygens (including phenoxy) is 1. The Morgan fingerprint density at radius 3 is 2.42 bits per heavy atom. The van der Waals surface area contributed by atoms with Gasteiger partial charge in [0, 0.05) is 19.7 Å². The van der Waals surface area contributed by atoms with E-state index in [1.54, 1.807) is 32.3 Å². The Kier molecular flexibility index (Phi) is 3.25. The van der Waals surface area contributed by atoms with E-state index in [2.05, 4.69) is 4.74 Å². The number of Topliss-reactive ketones (excluding diaryl/α,β-unsaturated/α-hetero) is 1. The molecule has 100 valence electrons. The first-order valence-corrected chi connectivity index (χ1v) is 5.71. The van der Waals surface area contributed by atoms with Crippen LogP contribution < -0.4 is 5.69 Å². The Labute approximate surface area is 109 Å². The first-order chi connectivity index (χ1) is 8.95. The number of imidazole rings is 1. The number of hydrogen-bond acceptors (Lipinski definition) is 4. The molecule has 0 aliphatic heterocycles. The van der Waals surface area contributed by atoms with Gasteiger partial charge in [-0.3, -0.25) is 18.7 Å². The van der Waals surface area contributed by atoms with Gasteiger partial charge in [-0.05, 0) is 18.2 Å². The number of carbonyl (C=O) groups excluding carboxylic acids is 2. The lowest BCUT2D eigenvalue weighted by Crippen LogP contribution is -2.19. The van der Waals surface area contributed by atoms with E-state index in [0.29, 0.717) is 11.1 Å². The summed E-state index contributed by atoms with van der Waals surface area (Å²) in [5.74, 6) is -0.905. The largest absolute Gasteiger partial charge is 0.469 e. The van der Waals surface area contributed by atoms with Crippen molar-refractivity contribution in [2.24, 2.45) is 14.1 Å². The van der Waals surface area contributed by atoms with E-state index in [-0.39, 0.29) is 17.9 Å². The SMILES string of the molecule is COC(=O)CC(=O)c1ccc2c(c1)n(C)c(=O)n2C. The molecule has 1 heterocycles. The molecule has 0 amide bonds. The van der Waals surface area contributed by atoms with Crippen molar-refractivity contribution >= 4 is 22.8 Å². The molecule has 0 spiro atoms. The summed E-state index contributed by atoms with van der Waals surface area (Å²) in [6, 6.07) is 4.91. The number of benzene rings is 1. The van der Waals surface area contributed by atoms with Crippen LogP contribution >= 0.6 is 0 Å². The molecule has 0 aliphatic rings. The molecule has 0 bridgehead atoms. The van der Waals surface area contributed by atoms with Gasteiger partial charge in [0.15, 0.2) is 5.78 Å².